The summed E-state index contributed by atoms with van der Waals surface area (Å²) < 4.78 is 11.7. The quantitative estimate of drug-likeness (QED) is 0.600. The smallest absolute Gasteiger partial charge is 0.161 e. The third kappa shape index (κ3) is 5.69. The fourth-order valence-corrected chi connectivity index (χ4v) is 2.78. The number of ether oxygens (including phenoxy) is 2. The van der Waals surface area contributed by atoms with Crippen molar-refractivity contribution in [2.24, 2.45) is 0 Å². The van der Waals surface area contributed by atoms with Crippen molar-refractivity contribution in [3.8, 4) is 11.5 Å². The van der Waals surface area contributed by atoms with Crippen LogP contribution < -0.4 is 20.1 Å². The number of aromatic nitrogens is 1. The molecule has 24 heavy (non-hydrogen) atoms. The Morgan fingerprint density at radius 1 is 1.04 bits per heavy atom. The first-order valence-electron chi connectivity index (χ1n) is 8.00. The molecule has 0 saturated heterocycles. The Kier molecular flexibility index (Phi) is 7.85. The fourth-order valence-electron chi connectivity index (χ4n) is 2.31. The first kappa shape index (κ1) is 18.5. The highest BCUT2D eigenvalue weighted by Gasteiger charge is 2.09. The van der Waals surface area contributed by atoms with E-state index >= 15 is 0 Å². The first-order valence-corrected chi connectivity index (χ1v) is 8.80. The molecular formula is C18H24BrN3O2. The number of hydrogen-bond acceptors (Lipinski definition) is 5. The van der Waals surface area contributed by atoms with Crippen LogP contribution in [0.4, 0.5) is 5.82 Å². The number of unbranched alkanes of at least 4 members (excludes halogenated alkanes) is 1. The van der Waals surface area contributed by atoms with Gasteiger partial charge in [-0.2, -0.15) is 0 Å². The average molecular weight is 394 g/mol. The normalized spacial score (nSPS) is 10.5. The van der Waals surface area contributed by atoms with Crippen molar-refractivity contribution in [1.29, 1.82) is 0 Å². The number of anilines is 1. The van der Waals surface area contributed by atoms with E-state index in [1.807, 2.05) is 30.3 Å². The number of benzene rings is 1. The molecule has 0 atom stereocenters. The second-order valence-corrected chi connectivity index (χ2v) is 6.18. The van der Waals surface area contributed by atoms with Gasteiger partial charge in [-0.25, -0.2) is 4.98 Å². The molecule has 2 rings (SSSR count). The van der Waals surface area contributed by atoms with Crippen molar-refractivity contribution in [1.82, 2.24) is 10.3 Å². The van der Waals surface area contributed by atoms with Crippen LogP contribution in [0.25, 0.3) is 0 Å². The lowest BCUT2D eigenvalue weighted by atomic mass is 10.2. The van der Waals surface area contributed by atoms with E-state index in [2.05, 4.69) is 31.5 Å². The first-order chi connectivity index (χ1) is 11.7. The predicted octanol–water partition coefficient (Wildman–Crippen LogP) is 3.84. The average Bonchev–Trinajstić information content (AvgIpc) is 2.62. The van der Waals surface area contributed by atoms with E-state index in [0.29, 0.717) is 0 Å². The number of pyridine rings is 1. The van der Waals surface area contributed by atoms with E-state index in [9.17, 15) is 0 Å². The summed E-state index contributed by atoms with van der Waals surface area (Å²) in [6.45, 7) is 2.68. The van der Waals surface area contributed by atoms with E-state index < -0.39 is 0 Å². The second kappa shape index (κ2) is 10.2. The molecule has 0 radical (unpaired) electrons. The molecule has 0 aliphatic carbocycles. The third-order valence-corrected chi connectivity index (χ3v) is 4.36. The summed E-state index contributed by atoms with van der Waals surface area (Å²) in [5.74, 6) is 2.41. The zero-order chi connectivity index (χ0) is 17.2. The molecule has 0 spiro atoms. The van der Waals surface area contributed by atoms with Gasteiger partial charge in [0.1, 0.15) is 5.82 Å². The summed E-state index contributed by atoms with van der Waals surface area (Å²) in [5.41, 5.74) is 1.15. The number of nitrogens with one attached hydrogen (secondary N) is 2. The van der Waals surface area contributed by atoms with Gasteiger partial charge in [-0.05, 0) is 49.2 Å². The predicted molar refractivity (Wildman–Crippen MR) is 101 cm³/mol. The zero-order valence-electron chi connectivity index (χ0n) is 14.1. The molecule has 0 saturated carbocycles. The largest absolute Gasteiger partial charge is 0.493 e. The van der Waals surface area contributed by atoms with Gasteiger partial charge in [0, 0.05) is 23.8 Å². The topological polar surface area (TPSA) is 55.4 Å². The van der Waals surface area contributed by atoms with Gasteiger partial charge in [0.05, 0.1) is 14.2 Å². The highest BCUT2D eigenvalue weighted by molar-refractivity contribution is 9.10. The van der Waals surface area contributed by atoms with Gasteiger partial charge in [0.15, 0.2) is 11.5 Å². The lowest BCUT2D eigenvalue weighted by molar-refractivity contribution is 0.354. The van der Waals surface area contributed by atoms with Crippen molar-refractivity contribution in [2.75, 3.05) is 32.6 Å². The van der Waals surface area contributed by atoms with Gasteiger partial charge in [0.2, 0.25) is 0 Å². The zero-order valence-corrected chi connectivity index (χ0v) is 15.7. The Morgan fingerprint density at radius 3 is 2.50 bits per heavy atom. The molecule has 0 fully saturated rings. The Bertz CT molecular complexity index is 623. The molecule has 2 aromatic rings. The number of methoxy groups -OCH3 is 2. The van der Waals surface area contributed by atoms with Crippen LogP contribution in [0, 0.1) is 0 Å². The van der Waals surface area contributed by atoms with Crippen LogP contribution in [0.2, 0.25) is 0 Å². The van der Waals surface area contributed by atoms with Gasteiger partial charge >= 0.3 is 0 Å². The summed E-state index contributed by atoms with van der Waals surface area (Å²) in [4.78, 5) is 4.24. The van der Waals surface area contributed by atoms with Gasteiger partial charge < -0.3 is 20.1 Å². The minimum Gasteiger partial charge on any atom is -0.493 e. The molecule has 0 amide bonds. The van der Waals surface area contributed by atoms with Crippen LogP contribution in [0.3, 0.4) is 0 Å². The Labute approximate surface area is 151 Å². The van der Waals surface area contributed by atoms with Crippen molar-refractivity contribution in [3.63, 3.8) is 0 Å². The fraction of sp³-hybridized carbons (Fsp3) is 0.389. The van der Waals surface area contributed by atoms with Crippen LogP contribution in [0.1, 0.15) is 18.4 Å². The van der Waals surface area contributed by atoms with Crippen LogP contribution in [-0.2, 0) is 6.54 Å². The van der Waals surface area contributed by atoms with Crippen LogP contribution >= 0.6 is 15.9 Å². The Morgan fingerprint density at radius 2 is 1.79 bits per heavy atom. The minimum absolute atomic E-state index is 0.730. The molecule has 1 aromatic carbocycles. The third-order valence-electron chi connectivity index (χ3n) is 3.62. The van der Waals surface area contributed by atoms with Crippen molar-refractivity contribution >= 4 is 21.7 Å². The van der Waals surface area contributed by atoms with Crippen molar-refractivity contribution < 1.29 is 9.47 Å². The molecule has 0 aliphatic heterocycles. The summed E-state index contributed by atoms with van der Waals surface area (Å²) in [7, 11) is 3.29. The highest BCUT2D eigenvalue weighted by atomic mass is 79.9. The number of nitrogens with zero attached hydrogens (tertiary/aromatic N) is 1. The summed E-state index contributed by atoms with van der Waals surface area (Å²) in [5, 5.41) is 6.77. The van der Waals surface area contributed by atoms with Crippen LogP contribution in [0.5, 0.6) is 11.5 Å². The molecular weight excluding hydrogens is 370 g/mol. The van der Waals surface area contributed by atoms with Crippen molar-refractivity contribution in [3.05, 3.63) is 46.6 Å². The molecule has 0 bridgehead atoms. The summed E-state index contributed by atoms with van der Waals surface area (Å²) in [6, 6.07) is 9.82. The minimum atomic E-state index is 0.730. The Hall–Kier alpha value is -1.79. The number of rotatable bonds is 10. The SMILES string of the molecule is COc1cc(Br)c(CNCCCCNc2ccccn2)cc1OC. The molecule has 5 nitrogen and oxygen atoms in total. The maximum Gasteiger partial charge on any atom is 0.161 e. The number of hydrogen-bond donors (Lipinski definition) is 2. The van der Waals surface area contributed by atoms with Gasteiger partial charge in [-0.3, -0.25) is 0 Å². The second-order valence-electron chi connectivity index (χ2n) is 5.32. The van der Waals surface area contributed by atoms with E-state index in [1.165, 1.54) is 0 Å². The molecule has 0 unspecified atom stereocenters. The van der Waals surface area contributed by atoms with Crippen molar-refractivity contribution in [2.45, 2.75) is 19.4 Å². The summed E-state index contributed by atoms with van der Waals surface area (Å²) >= 11 is 3.58. The van der Waals surface area contributed by atoms with E-state index in [4.69, 9.17) is 9.47 Å². The number of halogens is 1. The maximum absolute atomic E-state index is 5.35. The molecule has 2 N–H and O–H groups in total. The molecule has 1 heterocycles. The Balaban J connectivity index is 1.67. The van der Waals surface area contributed by atoms with Crippen LogP contribution in [0.15, 0.2) is 41.0 Å². The lowest BCUT2D eigenvalue weighted by Gasteiger charge is -2.12. The van der Waals surface area contributed by atoms with E-state index in [1.54, 1.807) is 20.4 Å². The lowest BCUT2D eigenvalue weighted by Crippen LogP contribution is -2.16. The molecule has 6 heteroatoms. The molecule has 0 aliphatic rings. The molecule has 1 aromatic heterocycles. The molecule has 130 valence electrons. The van der Waals surface area contributed by atoms with Gasteiger partial charge in [-0.1, -0.05) is 22.0 Å². The van der Waals surface area contributed by atoms with Gasteiger partial charge in [-0.15, -0.1) is 0 Å². The van der Waals surface area contributed by atoms with Gasteiger partial charge in [0.25, 0.3) is 0 Å². The van der Waals surface area contributed by atoms with E-state index in [-0.39, 0.29) is 0 Å². The highest BCUT2D eigenvalue weighted by Crippen LogP contribution is 2.33. The standard InChI is InChI=1S/C18H24BrN3O2/c1-23-16-11-14(15(19)12-17(16)24-2)13-20-8-5-6-10-22-18-7-3-4-9-21-18/h3-4,7,9,11-12,20H,5-6,8,10,13H2,1-2H3,(H,21,22). The summed E-state index contributed by atoms with van der Waals surface area (Å²) in [6.07, 6.45) is 3.99. The van der Waals surface area contributed by atoms with Crippen LogP contribution in [-0.4, -0.2) is 32.3 Å². The monoisotopic (exact) mass is 393 g/mol. The maximum atomic E-state index is 5.35. The van der Waals surface area contributed by atoms with E-state index in [0.717, 1.165) is 59.8 Å².